The molecule has 1 atom stereocenters. The molecule has 2 aromatic carbocycles. The summed E-state index contributed by atoms with van der Waals surface area (Å²) >= 11 is 0. The Bertz CT molecular complexity index is 789. The highest BCUT2D eigenvalue weighted by atomic mass is 16.5. The highest BCUT2D eigenvalue weighted by Gasteiger charge is 2.45. The van der Waals surface area contributed by atoms with Gasteiger partial charge in [-0.25, -0.2) is 0 Å². The predicted molar refractivity (Wildman–Crippen MR) is 98.0 cm³/mol. The summed E-state index contributed by atoms with van der Waals surface area (Å²) in [7, 11) is 1.58. The van der Waals surface area contributed by atoms with Crippen molar-refractivity contribution < 1.29 is 19.4 Å². The van der Waals surface area contributed by atoms with Gasteiger partial charge in [-0.05, 0) is 30.7 Å². The predicted octanol–water partition coefficient (Wildman–Crippen LogP) is 2.92. The van der Waals surface area contributed by atoms with E-state index in [0.717, 1.165) is 10.7 Å². The van der Waals surface area contributed by atoms with Gasteiger partial charge in [0.1, 0.15) is 11.5 Å². The minimum absolute atomic E-state index is 0.205. The van der Waals surface area contributed by atoms with Crippen LogP contribution in [0.2, 0.25) is 0 Å². The lowest BCUT2D eigenvalue weighted by Crippen LogP contribution is -2.45. The molecule has 6 nitrogen and oxygen atoms in total. The van der Waals surface area contributed by atoms with Crippen LogP contribution in [0.1, 0.15) is 25.3 Å². The molecule has 26 heavy (non-hydrogen) atoms. The Labute approximate surface area is 152 Å². The molecule has 136 valence electrons. The first-order chi connectivity index (χ1) is 12.6. The van der Waals surface area contributed by atoms with Gasteiger partial charge in [0.15, 0.2) is 12.3 Å². The molecular weight excluding hydrogens is 332 g/mol. The second-order valence-electron chi connectivity index (χ2n) is 6.05. The molecule has 6 heteroatoms. The fraction of sp³-hybridized carbons (Fsp3) is 0.300. The first-order valence-electron chi connectivity index (χ1n) is 8.51. The van der Waals surface area contributed by atoms with Crippen LogP contribution in [0.15, 0.2) is 59.7 Å². The van der Waals surface area contributed by atoms with Crippen LogP contribution in [0.25, 0.3) is 0 Å². The number of nitrogens with zero attached hydrogens (tertiary/aromatic N) is 2. The Morgan fingerprint density at radius 2 is 1.85 bits per heavy atom. The van der Waals surface area contributed by atoms with Crippen LogP contribution in [0.4, 0.5) is 0 Å². The summed E-state index contributed by atoms with van der Waals surface area (Å²) in [6.45, 7) is 1.74. The van der Waals surface area contributed by atoms with E-state index in [1.165, 1.54) is 0 Å². The molecule has 0 unspecified atom stereocenters. The van der Waals surface area contributed by atoms with Gasteiger partial charge < -0.3 is 14.6 Å². The minimum atomic E-state index is -1.52. The maximum absolute atomic E-state index is 12.7. The van der Waals surface area contributed by atoms with E-state index in [4.69, 9.17) is 9.47 Å². The average molecular weight is 354 g/mol. The lowest BCUT2D eigenvalue weighted by molar-refractivity contribution is -0.159. The van der Waals surface area contributed by atoms with Gasteiger partial charge in [-0.2, -0.15) is 10.1 Å². The summed E-state index contributed by atoms with van der Waals surface area (Å²) in [6, 6.07) is 16.1. The largest absolute Gasteiger partial charge is 0.497 e. The Balaban J connectivity index is 1.81. The van der Waals surface area contributed by atoms with Gasteiger partial charge in [0, 0.05) is 17.7 Å². The number of methoxy groups -OCH3 is 1. The zero-order chi connectivity index (χ0) is 18.6. The Morgan fingerprint density at radius 1 is 1.15 bits per heavy atom. The summed E-state index contributed by atoms with van der Waals surface area (Å²) in [5, 5.41) is 16.7. The molecule has 0 saturated carbocycles. The van der Waals surface area contributed by atoms with Crippen LogP contribution in [0.3, 0.4) is 0 Å². The van der Waals surface area contributed by atoms with E-state index in [2.05, 4.69) is 5.10 Å². The number of aliphatic hydroxyl groups is 1. The number of hydrazone groups is 1. The third-order valence-corrected chi connectivity index (χ3v) is 4.34. The maximum atomic E-state index is 12.7. The van der Waals surface area contributed by atoms with E-state index in [0.29, 0.717) is 23.5 Å². The summed E-state index contributed by atoms with van der Waals surface area (Å²) < 4.78 is 10.7. The quantitative estimate of drug-likeness (QED) is 0.866. The first-order valence-corrected chi connectivity index (χ1v) is 8.51. The van der Waals surface area contributed by atoms with Crippen LogP contribution in [0, 0.1) is 0 Å². The Hall–Kier alpha value is -2.86. The fourth-order valence-corrected chi connectivity index (χ4v) is 2.88. The Kier molecular flexibility index (Phi) is 5.23. The molecule has 0 aromatic heterocycles. The van der Waals surface area contributed by atoms with E-state index in [9.17, 15) is 9.90 Å². The molecule has 0 aliphatic carbocycles. The lowest BCUT2D eigenvalue weighted by Gasteiger charge is -2.31. The molecule has 1 aliphatic rings. The van der Waals surface area contributed by atoms with E-state index < -0.39 is 11.6 Å². The van der Waals surface area contributed by atoms with Gasteiger partial charge in [0.05, 0.1) is 7.11 Å². The van der Waals surface area contributed by atoms with Crippen molar-refractivity contribution in [2.45, 2.75) is 25.5 Å². The molecule has 0 saturated heterocycles. The zero-order valence-electron chi connectivity index (χ0n) is 14.9. The van der Waals surface area contributed by atoms with Crippen molar-refractivity contribution in [1.29, 1.82) is 0 Å². The van der Waals surface area contributed by atoms with Crippen LogP contribution in [0.5, 0.6) is 11.5 Å². The summed E-state index contributed by atoms with van der Waals surface area (Å²) in [6.07, 6.45) is 0.925. The summed E-state index contributed by atoms with van der Waals surface area (Å²) in [5.41, 5.74) is -0.177. The van der Waals surface area contributed by atoms with Crippen molar-refractivity contribution in [1.82, 2.24) is 5.01 Å². The van der Waals surface area contributed by atoms with Crippen LogP contribution in [-0.4, -0.2) is 35.5 Å². The van der Waals surface area contributed by atoms with Gasteiger partial charge in [0.2, 0.25) is 0 Å². The van der Waals surface area contributed by atoms with Gasteiger partial charge in [-0.3, -0.25) is 4.79 Å². The van der Waals surface area contributed by atoms with Crippen molar-refractivity contribution in [2.24, 2.45) is 5.10 Å². The number of hydrogen-bond acceptors (Lipinski definition) is 5. The average Bonchev–Trinajstić information content (AvgIpc) is 3.05. The second kappa shape index (κ2) is 7.58. The molecular formula is C20H22N2O4. The fourth-order valence-electron chi connectivity index (χ4n) is 2.88. The third-order valence-electron chi connectivity index (χ3n) is 4.34. The van der Waals surface area contributed by atoms with Gasteiger partial charge in [-0.1, -0.05) is 37.3 Å². The van der Waals surface area contributed by atoms with Gasteiger partial charge in [0.25, 0.3) is 5.91 Å². The van der Waals surface area contributed by atoms with Crippen LogP contribution in [-0.2, 0) is 10.5 Å². The summed E-state index contributed by atoms with van der Waals surface area (Å²) in [5.74, 6) is 0.862. The number of carbonyl (C=O) groups is 1. The smallest absolute Gasteiger partial charge is 0.283 e. The number of benzene rings is 2. The molecule has 0 bridgehead atoms. The Morgan fingerprint density at radius 3 is 2.46 bits per heavy atom. The molecule has 1 aliphatic heterocycles. The van der Waals surface area contributed by atoms with Gasteiger partial charge >= 0.3 is 0 Å². The van der Waals surface area contributed by atoms with Crippen LogP contribution >= 0.6 is 0 Å². The molecule has 2 aromatic rings. The van der Waals surface area contributed by atoms with E-state index >= 15 is 0 Å². The highest BCUT2D eigenvalue weighted by molar-refractivity contribution is 5.91. The van der Waals surface area contributed by atoms with Crippen molar-refractivity contribution in [3.05, 3.63) is 60.2 Å². The number of hydrogen-bond donors (Lipinski definition) is 1. The molecule has 1 N–H and O–H groups in total. The minimum Gasteiger partial charge on any atom is -0.497 e. The van der Waals surface area contributed by atoms with E-state index in [1.54, 1.807) is 43.5 Å². The number of amides is 1. The topological polar surface area (TPSA) is 71.4 Å². The maximum Gasteiger partial charge on any atom is 0.283 e. The molecule has 0 fully saturated rings. The molecule has 1 heterocycles. The van der Waals surface area contributed by atoms with Gasteiger partial charge in [-0.15, -0.1) is 0 Å². The van der Waals surface area contributed by atoms with Crippen molar-refractivity contribution >= 4 is 11.6 Å². The molecule has 0 radical (unpaired) electrons. The van der Waals surface area contributed by atoms with E-state index in [1.807, 2.05) is 25.1 Å². The van der Waals surface area contributed by atoms with Crippen LogP contribution < -0.4 is 9.47 Å². The number of carbonyl (C=O) groups excluding carboxylic acids is 1. The molecule has 0 spiro atoms. The van der Waals surface area contributed by atoms with Crippen molar-refractivity contribution in [3.8, 4) is 11.5 Å². The SMILES string of the molecule is CCC1=NN(C(=O)COc2ccccc2)[C@](O)(c2ccc(OC)cc2)C1. The molecule has 1 amide bonds. The standard InChI is InChI=1S/C20H22N2O4/c1-3-16-13-20(24,15-9-11-17(25-2)12-10-15)22(21-16)19(23)14-26-18-7-5-4-6-8-18/h4-12,24H,3,13-14H2,1-2H3/t20-/m1/s1. The third kappa shape index (κ3) is 3.55. The highest BCUT2D eigenvalue weighted by Crippen LogP contribution is 2.36. The number of rotatable bonds is 6. The lowest BCUT2D eigenvalue weighted by atomic mass is 9.96. The zero-order valence-corrected chi connectivity index (χ0v) is 14.9. The number of para-hydroxylation sites is 1. The first kappa shape index (κ1) is 17.9. The van der Waals surface area contributed by atoms with Crippen molar-refractivity contribution in [2.75, 3.05) is 13.7 Å². The monoisotopic (exact) mass is 354 g/mol. The summed E-state index contributed by atoms with van der Waals surface area (Å²) in [4.78, 5) is 12.7. The second-order valence-corrected chi connectivity index (χ2v) is 6.05. The number of ether oxygens (including phenoxy) is 2. The van der Waals surface area contributed by atoms with E-state index in [-0.39, 0.29) is 13.0 Å². The normalized spacial score (nSPS) is 19.2. The molecule has 3 rings (SSSR count). The van der Waals surface area contributed by atoms with Crippen molar-refractivity contribution in [3.63, 3.8) is 0 Å².